The summed E-state index contributed by atoms with van der Waals surface area (Å²) in [5.74, 6) is 1.43. The molecule has 0 aliphatic carbocycles. The van der Waals surface area contributed by atoms with Gasteiger partial charge in [-0.2, -0.15) is 0 Å². The van der Waals surface area contributed by atoms with Crippen molar-refractivity contribution in [1.82, 2.24) is 10.2 Å². The number of methoxy groups -OCH3 is 2. The molecule has 2 heterocycles. The van der Waals surface area contributed by atoms with Crippen LogP contribution in [0.25, 0.3) is 0 Å². The standard InChI is InChI=1S/C16H23N3O4/c1-22-14-5-9-3-4-19-8-11(17)12(18-16(20)21)7-13(19)10(9)6-15(14)23-2/h5-6,11-13,18H,3-4,7-8,17H2,1-2H3,(H,20,21). The molecule has 1 saturated heterocycles. The van der Waals surface area contributed by atoms with E-state index < -0.39 is 6.09 Å². The van der Waals surface area contributed by atoms with Crippen molar-refractivity contribution in [2.45, 2.75) is 31.0 Å². The molecule has 3 rings (SSSR count). The number of benzene rings is 1. The summed E-state index contributed by atoms with van der Waals surface area (Å²) in [4.78, 5) is 13.3. The predicted molar refractivity (Wildman–Crippen MR) is 85.1 cm³/mol. The molecule has 0 saturated carbocycles. The number of ether oxygens (including phenoxy) is 2. The Bertz CT molecular complexity index is 607. The Hall–Kier alpha value is -1.99. The molecule has 1 fully saturated rings. The van der Waals surface area contributed by atoms with Crippen molar-refractivity contribution in [2.24, 2.45) is 5.73 Å². The Labute approximate surface area is 135 Å². The monoisotopic (exact) mass is 321 g/mol. The highest BCUT2D eigenvalue weighted by molar-refractivity contribution is 5.65. The van der Waals surface area contributed by atoms with Crippen molar-refractivity contribution in [3.8, 4) is 11.5 Å². The number of hydrogen-bond acceptors (Lipinski definition) is 5. The second kappa shape index (κ2) is 6.25. The lowest BCUT2D eigenvalue weighted by atomic mass is 9.83. The Kier molecular flexibility index (Phi) is 4.32. The number of carbonyl (C=O) groups is 1. The van der Waals surface area contributed by atoms with Crippen LogP contribution < -0.4 is 20.5 Å². The first-order valence-electron chi connectivity index (χ1n) is 7.77. The summed E-state index contributed by atoms with van der Waals surface area (Å²) in [6.45, 7) is 1.60. The highest BCUT2D eigenvalue weighted by Crippen LogP contribution is 2.41. The second-order valence-electron chi connectivity index (χ2n) is 6.12. The minimum atomic E-state index is -1.03. The van der Waals surface area contributed by atoms with E-state index in [9.17, 15) is 4.79 Å². The molecule has 1 amide bonds. The Balaban J connectivity index is 1.93. The summed E-state index contributed by atoms with van der Waals surface area (Å²) in [5, 5.41) is 11.6. The third-order valence-corrected chi connectivity index (χ3v) is 4.86. The largest absolute Gasteiger partial charge is 0.493 e. The molecular formula is C16H23N3O4. The number of hydrogen-bond donors (Lipinski definition) is 3. The smallest absolute Gasteiger partial charge is 0.404 e. The number of nitrogens with zero attached hydrogens (tertiary/aromatic N) is 1. The Morgan fingerprint density at radius 3 is 2.70 bits per heavy atom. The normalized spacial score (nSPS) is 26.8. The number of carboxylic acid groups (broad SMARTS) is 1. The van der Waals surface area contributed by atoms with Crippen LogP contribution in [0.2, 0.25) is 0 Å². The van der Waals surface area contributed by atoms with Crippen LogP contribution in [-0.4, -0.2) is 55.5 Å². The highest BCUT2D eigenvalue weighted by Gasteiger charge is 2.38. The van der Waals surface area contributed by atoms with Crippen LogP contribution in [-0.2, 0) is 6.42 Å². The first-order valence-corrected chi connectivity index (χ1v) is 7.77. The van der Waals surface area contributed by atoms with Gasteiger partial charge in [-0.1, -0.05) is 0 Å². The van der Waals surface area contributed by atoms with Crippen LogP contribution in [0.1, 0.15) is 23.6 Å². The van der Waals surface area contributed by atoms with E-state index >= 15 is 0 Å². The summed E-state index contributed by atoms with van der Waals surface area (Å²) in [5.41, 5.74) is 8.55. The van der Waals surface area contributed by atoms with Crippen molar-refractivity contribution in [1.29, 1.82) is 0 Å². The molecule has 2 aliphatic heterocycles. The van der Waals surface area contributed by atoms with Crippen molar-refractivity contribution < 1.29 is 19.4 Å². The maximum absolute atomic E-state index is 11.0. The third-order valence-electron chi connectivity index (χ3n) is 4.86. The molecule has 0 bridgehead atoms. The third kappa shape index (κ3) is 2.94. The van der Waals surface area contributed by atoms with E-state index in [0.29, 0.717) is 18.7 Å². The van der Waals surface area contributed by atoms with Gasteiger partial charge in [-0.25, -0.2) is 4.79 Å². The predicted octanol–water partition coefficient (Wildman–Crippen LogP) is 0.970. The molecule has 0 aromatic heterocycles. The van der Waals surface area contributed by atoms with Gasteiger partial charge in [-0.3, -0.25) is 4.90 Å². The number of rotatable bonds is 3. The molecule has 7 nitrogen and oxygen atoms in total. The number of nitrogens with two attached hydrogens (primary N) is 1. The van der Waals surface area contributed by atoms with Crippen molar-refractivity contribution in [3.63, 3.8) is 0 Å². The fraction of sp³-hybridized carbons (Fsp3) is 0.562. The molecule has 2 aliphatic rings. The molecule has 0 radical (unpaired) electrons. The first kappa shape index (κ1) is 15.9. The minimum Gasteiger partial charge on any atom is -0.493 e. The van der Waals surface area contributed by atoms with E-state index in [4.69, 9.17) is 20.3 Å². The fourth-order valence-corrected chi connectivity index (χ4v) is 3.71. The molecule has 3 unspecified atom stereocenters. The van der Waals surface area contributed by atoms with Gasteiger partial charge in [0.05, 0.1) is 20.3 Å². The maximum atomic E-state index is 11.0. The summed E-state index contributed by atoms with van der Waals surface area (Å²) in [6, 6.07) is 3.76. The van der Waals surface area contributed by atoms with Crippen LogP contribution in [0.3, 0.4) is 0 Å². The zero-order valence-electron chi connectivity index (χ0n) is 13.4. The fourth-order valence-electron chi connectivity index (χ4n) is 3.71. The van der Waals surface area contributed by atoms with E-state index in [0.717, 1.165) is 18.7 Å². The van der Waals surface area contributed by atoms with Gasteiger partial charge in [-0.15, -0.1) is 0 Å². The lowest BCUT2D eigenvalue weighted by Gasteiger charge is -2.46. The molecule has 1 aromatic carbocycles. The topological polar surface area (TPSA) is 97.0 Å². The van der Waals surface area contributed by atoms with E-state index in [1.54, 1.807) is 14.2 Å². The van der Waals surface area contributed by atoms with Crippen LogP contribution in [0, 0.1) is 0 Å². The quantitative estimate of drug-likeness (QED) is 0.767. The van der Waals surface area contributed by atoms with Gasteiger partial charge in [0.1, 0.15) is 0 Å². The maximum Gasteiger partial charge on any atom is 0.404 e. The van der Waals surface area contributed by atoms with Gasteiger partial charge in [0.25, 0.3) is 0 Å². The molecule has 4 N–H and O–H groups in total. The van der Waals surface area contributed by atoms with Crippen LogP contribution in [0.5, 0.6) is 11.5 Å². The average Bonchev–Trinajstić information content (AvgIpc) is 2.53. The minimum absolute atomic E-state index is 0.148. The average molecular weight is 321 g/mol. The number of nitrogens with one attached hydrogen (secondary N) is 1. The Morgan fingerprint density at radius 2 is 2.04 bits per heavy atom. The molecule has 7 heteroatoms. The molecule has 3 atom stereocenters. The second-order valence-corrected chi connectivity index (χ2v) is 6.12. The van der Waals surface area contributed by atoms with Gasteiger partial charge < -0.3 is 25.6 Å². The van der Waals surface area contributed by atoms with Crippen LogP contribution in [0.4, 0.5) is 4.79 Å². The Morgan fingerprint density at radius 1 is 1.35 bits per heavy atom. The van der Waals surface area contributed by atoms with Gasteiger partial charge in [0.2, 0.25) is 0 Å². The molecular weight excluding hydrogens is 298 g/mol. The van der Waals surface area contributed by atoms with Gasteiger partial charge in [0.15, 0.2) is 11.5 Å². The SMILES string of the molecule is COc1cc2c(cc1OC)C1CC(NC(=O)O)C(N)CN1CC2. The summed E-state index contributed by atoms with van der Waals surface area (Å²) >= 11 is 0. The van der Waals surface area contributed by atoms with Gasteiger partial charge >= 0.3 is 6.09 Å². The summed E-state index contributed by atoms with van der Waals surface area (Å²) in [6.07, 6.45) is 0.563. The lowest BCUT2D eigenvalue weighted by Crippen LogP contribution is -2.59. The molecule has 0 spiro atoms. The van der Waals surface area contributed by atoms with Crippen molar-refractivity contribution in [2.75, 3.05) is 27.3 Å². The van der Waals surface area contributed by atoms with E-state index in [1.807, 2.05) is 12.1 Å². The van der Waals surface area contributed by atoms with Crippen LogP contribution in [0.15, 0.2) is 12.1 Å². The van der Waals surface area contributed by atoms with Crippen LogP contribution >= 0.6 is 0 Å². The molecule has 126 valence electrons. The molecule has 1 aromatic rings. The van der Waals surface area contributed by atoms with Crippen molar-refractivity contribution in [3.05, 3.63) is 23.3 Å². The van der Waals surface area contributed by atoms with Crippen molar-refractivity contribution >= 4 is 6.09 Å². The van der Waals surface area contributed by atoms with E-state index in [2.05, 4.69) is 10.2 Å². The van der Waals surface area contributed by atoms with Gasteiger partial charge in [-0.05, 0) is 36.1 Å². The summed E-state index contributed by atoms with van der Waals surface area (Å²) in [7, 11) is 3.25. The number of fused-ring (bicyclic) bond motifs is 3. The highest BCUT2D eigenvalue weighted by atomic mass is 16.5. The van der Waals surface area contributed by atoms with Gasteiger partial charge in [0, 0.05) is 25.2 Å². The van der Waals surface area contributed by atoms with E-state index in [1.165, 1.54) is 11.1 Å². The number of piperidine rings is 1. The lowest BCUT2D eigenvalue weighted by molar-refractivity contribution is 0.0971. The first-order chi connectivity index (χ1) is 11.0. The zero-order valence-corrected chi connectivity index (χ0v) is 13.4. The van der Waals surface area contributed by atoms with E-state index in [-0.39, 0.29) is 18.1 Å². The molecule has 23 heavy (non-hydrogen) atoms. The number of amides is 1. The summed E-state index contributed by atoms with van der Waals surface area (Å²) < 4.78 is 10.8. The zero-order chi connectivity index (χ0) is 16.6.